The second-order valence-electron chi connectivity index (χ2n) is 8.57. The topological polar surface area (TPSA) is 4.93 Å². The number of rotatable bonds is 2. The lowest BCUT2D eigenvalue weighted by Crippen LogP contribution is -2.01. The third-order valence-electron chi connectivity index (χ3n) is 6.88. The molecule has 1 heterocycles. The third-order valence-corrected chi connectivity index (χ3v) is 6.88. The first-order valence-corrected chi connectivity index (χ1v) is 11.2. The summed E-state index contributed by atoms with van der Waals surface area (Å²) in [6.45, 7) is 0. The van der Waals surface area contributed by atoms with Crippen molar-refractivity contribution in [3.63, 3.8) is 0 Å². The molecule has 0 fully saturated rings. The van der Waals surface area contributed by atoms with Crippen LogP contribution in [0.5, 0.6) is 0 Å². The van der Waals surface area contributed by atoms with E-state index >= 15 is 0 Å². The lowest BCUT2D eigenvalue weighted by Gasteiger charge is -2.17. The minimum atomic E-state index is 0.260. The zero-order chi connectivity index (χ0) is 21.1. The average molecular weight is 408 g/mol. The van der Waals surface area contributed by atoms with Crippen molar-refractivity contribution in [3.8, 4) is 16.8 Å². The molecule has 0 saturated heterocycles. The van der Waals surface area contributed by atoms with Gasteiger partial charge in [0.25, 0.3) is 0 Å². The van der Waals surface area contributed by atoms with Crippen molar-refractivity contribution in [2.75, 3.05) is 0 Å². The number of fused-ring (bicyclic) bond motifs is 6. The fraction of sp³-hybridized carbons (Fsp3) is 0.0323. The highest BCUT2D eigenvalue weighted by Gasteiger charge is 2.29. The smallest absolute Gasteiger partial charge is 0.0541 e. The summed E-state index contributed by atoms with van der Waals surface area (Å²) in [7, 11) is 0. The molecular formula is C31H21N. The van der Waals surface area contributed by atoms with Crippen LogP contribution >= 0.6 is 0 Å². The Morgan fingerprint density at radius 3 is 1.62 bits per heavy atom. The average Bonchev–Trinajstić information content (AvgIpc) is 3.37. The van der Waals surface area contributed by atoms with Crippen LogP contribution in [0.3, 0.4) is 0 Å². The number of hydrogen-bond donors (Lipinski definition) is 0. The first-order valence-electron chi connectivity index (χ1n) is 11.2. The Balaban J connectivity index is 1.48. The van der Waals surface area contributed by atoms with Gasteiger partial charge >= 0.3 is 0 Å². The van der Waals surface area contributed by atoms with Gasteiger partial charge in [-0.05, 0) is 52.1 Å². The number of nitrogens with zero attached hydrogens (tertiary/aromatic N) is 1. The van der Waals surface area contributed by atoms with E-state index in [4.69, 9.17) is 0 Å². The fourth-order valence-corrected chi connectivity index (χ4v) is 5.56. The Labute approximate surface area is 187 Å². The summed E-state index contributed by atoms with van der Waals surface area (Å²) in [4.78, 5) is 0. The molecule has 0 spiro atoms. The van der Waals surface area contributed by atoms with Gasteiger partial charge in [-0.1, -0.05) is 97.1 Å². The Morgan fingerprint density at radius 2 is 1.00 bits per heavy atom. The van der Waals surface area contributed by atoms with Crippen molar-refractivity contribution in [2.45, 2.75) is 5.92 Å². The fourth-order valence-electron chi connectivity index (χ4n) is 5.56. The van der Waals surface area contributed by atoms with E-state index in [2.05, 4.69) is 126 Å². The highest BCUT2D eigenvalue weighted by Crippen LogP contribution is 2.48. The summed E-state index contributed by atoms with van der Waals surface area (Å²) in [5, 5.41) is 2.59. The normalized spacial score (nSPS) is 12.9. The molecule has 0 amide bonds. The molecule has 0 unspecified atom stereocenters. The molecule has 0 atom stereocenters. The summed E-state index contributed by atoms with van der Waals surface area (Å²) in [6, 6.07) is 44.2. The SMILES string of the molecule is c1cc(C2c3ccccc3-c3ccccc32)cc(-n2c3ccccc3c3ccccc32)c1. The lowest BCUT2D eigenvalue weighted by atomic mass is 9.89. The largest absolute Gasteiger partial charge is 0.309 e. The van der Waals surface area contributed by atoms with E-state index in [0.29, 0.717) is 0 Å². The van der Waals surface area contributed by atoms with Gasteiger partial charge in [-0.2, -0.15) is 0 Å². The first-order chi connectivity index (χ1) is 15.9. The summed E-state index contributed by atoms with van der Waals surface area (Å²) >= 11 is 0. The minimum Gasteiger partial charge on any atom is -0.309 e. The maximum absolute atomic E-state index is 2.40. The molecule has 1 heteroatoms. The zero-order valence-corrected chi connectivity index (χ0v) is 17.6. The number of para-hydroxylation sites is 2. The molecular weight excluding hydrogens is 386 g/mol. The third kappa shape index (κ3) is 2.39. The van der Waals surface area contributed by atoms with Crippen LogP contribution in [0.2, 0.25) is 0 Å². The standard InChI is InChI=1S/C31H21N/c1-3-16-27-23(12-1)24-13-2-4-17-28(24)31(27)21-10-9-11-22(20-21)32-29-18-7-5-14-25(29)26-15-6-8-19-30(26)32/h1-20,31H. The van der Waals surface area contributed by atoms with Gasteiger partial charge in [-0.3, -0.25) is 0 Å². The van der Waals surface area contributed by atoms with Gasteiger partial charge in [0.15, 0.2) is 0 Å². The molecule has 150 valence electrons. The van der Waals surface area contributed by atoms with Crippen LogP contribution in [0.4, 0.5) is 0 Å². The molecule has 1 aliphatic rings. The van der Waals surface area contributed by atoms with Gasteiger partial charge < -0.3 is 4.57 Å². The molecule has 0 bridgehead atoms. The van der Waals surface area contributed by atoms with Gasteiger partial charge in [0.2, 0.25) is 0 Å². The van der Waals surface area contributed by atoms with Gasteiger partial charge in [-0.15, -0.1) is 0 Å². The van der Waals surface area contributed by atoms with Crippen LogP contribution in [0, 0.1) is 0 Å². The molecule has 0 N–H and O–H groups in total. The van der Waals surface area contributed by atoms with E-state index in [-0.39, 0.29) is 5.92 Å². The maximum atomic E-state index is 2.40. The van der Waals surface area contributed by atoms with Crippen molar-refractivity contribution in [1.82, 2.24) is 4.57 Å². The van der Waals surface area contributed by atoms with Crippen LogP contribution < -0.4 is 0 Å². The molecule has 6 aromatic rings. The van der Waals surface area contributed by atoms with Crippen molar-refractivity contribution < 1.29 is 0 Å². The molecule has 0 aliphatic heterocycles. The molecule has 0 saturated carbocycles. The lowest BCUT2D eigenvalue weighted by molar-refractivity contribution is 1.01. The van der Waals surface area contributed by atoms with Crippen LogP contribution in [0.1, 0.15) is 22.6 Å². The van der Waals surface area contributed by atoms with E-state index in [1.165, 1.54) is 55.3 Å². The van der Waals surface area contributed by atoms with E-state index in [0.717, 1.165) is 0 Å². The Hall–Kier alpha value is -4.10. The van der Waals surface area contributed by atoms with Gasteiger partial charge in [0.1, 0.15) is 0 Å². The van der Waals surface area contributed by atoms with Crippen molar-refractivity contribution in [2.24, 2.45) is 0 Å². The van der Waals surface area contributed by atoms with Crippen LogP contribution in [-0.2, 0) is 0 Å². The summed E-state index contributed by atoms with van der Waals surface area (Å²) < 4.78 is 2.40. The van der Waals surface area contributed by atoms with Gasteiger partial charge in [0, 0.05) is 22.4 Å². The highest BCUT2D eigenvalue weighted by atomic mass is 15.0. The summed E-state index contributed by atoms with van der Waals surface area (Å²) in [5.74, 6) is 0.260. The van der Waals surface area contributed by atoms with Gasteiger partial charge in [0.05, 0.1) is 11.0 Å². The molecule has 32 heavy (non-hydrogen) atoms. The second-order valence-corrected chi connectivity index (χ2v) is 8.57. The number of aromatic nitrogens is 1. The zero-order valence-electron chi connectivity index (χ0n) is 17.6. The van der Waals surface area contributed by atoms with Crippen molar-refractivity contribution >= 4 is 21.8 Å². The molecule has 7 rings (SSSR count). The Bertz CT molecular complexity index is 1540. The summed E-state index contributed by atoms with van der Waals surface area (Å²) in [6.07, 6.45) is 0. The van der Waals surface area contributed by atoms with E-state index in [1.54, 1.807) is 0 Å². The van der Waals surface area contributed by atoms with Crippen LogP contribution in [0.15, 0.2) is 121 Å². The molecule has 1 aromatic heterocycles. The Kier molecular flexibility index (Phi) is 3.68. The predicted molar refractivity (Wildman–Crippen MR) is 134 cm³/mol. The quantitative estimate of drug-likeness (QED) is 0.274. The van der Waals surface area contributed by atoms with E-state index in [9.17, 15) is 0 Å². The molecule has 5 aromatic carbocycles. The second kappa shape index (κ2) is 6.70. The monoisotopic (exact) mass is 407 g/mol. The van der Waals surface area contributed by atoms with E-state index < -0.39 is 0 Å². The number of benzene rings is 5. The van der Waals surface area contributed by atoms with Crippen LogP contribution in [0.25, 0.3) is 38.6 Å². The highest BCUT2D eigenvalue weighted by molar-refractivity contribution is 6.09. The molecule has 1 nitrogen and oxygen atoms in total. The summed E-state index contributed by atoms with van der Waals surface area (Å²) in [5.41, 5.74) is 10.5. The molecule has 1 aliphatic carbocycles. The molecule has 0 radical (unpaired) electrons. The predicted octanol–water partition coefficient (Wildman–Crippen LogP) is 7.94. The van der Waals surface area contributed by atoms with Crippen LogP contribution in [-0.4, -0.2) is 4.57 Å². The van der Waals surface area contributed by atoms with E-state index in [1.807, 2.05) is 0 Å². The van der Waals surface area contributed by atoms with Crippen molar-refractivity contribution in [1.29, 1.82) is 0 Å². The maximum Gasteiger partial charge on any atom is 0.0541 e. The first kappa shape index (κ1) is 17.6. The van der Waals surface area contributed by atoms with Gasteiger partial charge in [-0.25, -0.2) is 0 Å². The van der Waals surface area contributed by atoms with Crippen molar-refractivity contribution in [3.05, 3.63) is 138 Å². The minimum absolute atomic E-state index is 0.260. The number of hydrogen-bond acceptors (Lipinski definition) is 0. The Morgan fingerprint density at radius 1 is 0.469 bits per heavy atom.